The summed E-state index contributed by atoms with van der Waals surface area (Å²) >= 11 is 0. The van der Waals surface area contributed by atoms with Crippen molar-refractivity contribution >= 4 is 10.0 Å². The van der Waals surface area contributed by atoms with Crippen LogP contribution in [0, 0.1) is 5.82 Å². The van der Waals surface area contributed by atoms with Gasteiger partial charge in [-0.15, -0.1) is 0 Å². The molecule has 29 heavy (non-hydrogen) atoms. The maximum absolute atomic E-state index is 13.1. The molecule has 2 aromatic carbocycles. The molecule has 2 fully saturated rings. The molecule has 0 radical (unpaired) electrons. The number of hydrogen-bond donors (Lipinski definition) is 2. The summed E-state index contributed by atoms with van der Waals surface area (Å²) in [6.07, 6.45) is 1.79. The van der Waals surface area contributed by atoms with Gasteiger partial charge in [-0.2, -0.15) is 4.31 Å². The molecule has 0 spiro atoms. The van der Waals surface area contributed by atoms with Gasteiger partial charge in [-0.3, -0.25) is 0 Å². The number of piperazine rings is 1. The third-order valence-electron chi connectivity index (χ3n) is 6.38. The van der Waals surface area contributed by atoms with E-state index < -0.39 is 15.8 Å². The van der Waals surface area contributed by atoms with E-state index in [0.29, 0.717) is 19.1 Å². The summed E-state index contributed by atoms with van der Waals surface area (Å²) < 4.78 is 40.3. The zero-order valence-electron chi connectivity index (χ0n) is 16.7. The van der Waals surface area contributed by atoms with Crippen molar-refractivity contribution in [1.82, 2.24) is 4.31 Å². The lowest BCUT2D eigenvalue weighted by Gasteiger charge is -2.38. The summed E-state index contributed by atoms with van der Waals surface area (Å²) in [5.74, 6) is -0.417. The van der Waals surface area contributed by atoms with E-state index in [1.54, 1.807) is 14.1 Å². The summed E-state index contributed by atoms with van der Waals surface area (Å²) in [5, 5.41) is 0. The van der Waals surface area contributed by atoms with Crippen molar-refractivity contribution in [2.45, 2.75) is 30.3 Å². The molecule has 0 unspecified atom stereocenters. The number of nitrogens with zero attached hydrogens (tertiary/aromatic N) is 1. The molecule has 0 amide bonds. The molecule has 0 saturated carbocycles. The molecule has 2 aliphatic rings. The van der Waals surface area contributed by atoms with E-state index in [1.807, 2.05) is 0 Å². The van der Waals surface area contributed by atoms with Crippen molar-refractivity contribution < 1.29 is 22.6 Å². The van der Waals surface area contributed by atoms with Gasteiger partial charge in [0.15, 0.2) is 0 Å². The van der Waals surface area contributed by atoms with Gasteiger partial charge in [-0.1, -0.05) is 30.3 Å². The van der Waals surface area contributed by atoms with Crippen LogP contribution in [0.3, 0.4) is 0 Å². The standard InChI is InChI=1S/C22H28FN3O2S/c23-20-6-8-22(9-7-20)29(27,28)26-12-10-21(11-13-26)25-16-14-24(15-17-25)18-19-4-2-1-3-5-19/h1-9,21H,10-18H2/p+2. The van der Waals surface area contributed by atoms with Crippen LogP contribution in [0.5, 0.6) is 0 Å². The number of halogens is 1. The Morgan fingerprint density at radius 2 is 1.52 bits per heavy atom. The zero-order valence-corrected chi connectivity index (χ0v) is 17.5. The van der Waals surface area contributed by atoms with Crippen LogP contribution < -0.4 is 9.80 Å². The first-order valence-corrected chi connectivity index (χ1v) is 11.9. The lowest BCUT2D eigenvalue weighted by molar-refractivity contribution is -1.03. The SMILES string of the molecule is O=S(=O)(c1ccc(F)cc1)N1CCC([NH+]2CC[NH+](Cc3ccccc3)CC2)CC1. The maximum Gasteiger partial charge on any atom is 0.243 e. The molecule has 0 bridgehead atoms. The quantitative estimate of drug-likeness (QED) is 0.715. The number of benzene rings is 2. The minimum atomic E-state index is -3.52. The first-order valence-electron chi connectivity index (χ1n) is 10.5. The molecule has 5 nitrogen and oxygen atoms in total. The normalized spacial score (nSPS) is 24.4. The summed E-state index contributed by atoms with van der Waals surface area (Å²) in [4.78, 5) is 3.44. The van der Waals surface area contributed by atoms with E-state index in [9.17, 15) is 12.8 Å². The average Bonchev–Trinajstić information content (AvgIpc) is 2.75. The lowest BCUT2D eigenvalue weighted by Crippen LogP contribution is -3.29. The second-order valence-corrected chi connectivity index (χ2v) is 10.1. The van der Waals surface area contributed by atoms with Crippen LogP contribution in [-0.2, 0) is 16.6 Å². The number of sulfonamides is 1. The first-order chi connectivity index (χ1) is 14.0. The van der Waals surface area contributed by atoms with Crippen molar-refractivity contribution in [2.75, 3.05) is 39.3 Å². The van der Waals surface area contributed by atoms with E-state index in [0.717, 1.165) is 45.6 Å². The molecule has 2 N–H and O–H groups in total. The highest BCUT2D eigenvalue weighted by atomic mass is 32.2. The van der Waals surface area contributed by atoms with Gasteiger partial charge in [0.25, 0.3) is 0 Å². The molecule has 156 valence electrons. The van der Waals surface area contributed by atoms with Gasteiger partial charge in [0, 0.05) is 31.5 Å². The first kappa shape index (κ1) is 20.5. The third kappa shape index (κ3) is 4.86. The Bertz CT molecular complexity index is 889. The number of piperidine rings is 1. The molecule has 7 heteroatoms. The fourth-order valence-corrected chi connectivity index (χ4v) is 6.12. The largest absolute Gasteiger partial charge is 0.323 e. The Morgan fingerprint density at radius 3 is 2.14 bits per heavy atom. The highest BCUT2D eigenvalue weighted by Crippen LogP contribution is 2.20. The van der Waals surface area contributed by atoms with Crippen LogP contribution >= 0.6 is 0 Å². The second-order valence-electron chi connectivity index (χ2n) is 8.20. The van der Waals surface area contributed by atoms with Crippen molar-refractivity contribution in [2.24, 2.45) is 0 Å². The summed E-state index contributed by atoms with van der Waals surface area (Å²) in [7, 11) is -3.52. The third-order valence-corrected chi connectivity index (χ3v) is 8.29. The maximum atomic E-state index is 13.1. The Balaban J connectivity index is 1.27. The van der Waals surface area contributed by atoms with Crippen LogP contribution in [-0.4, -0.2) is 58.0 Å². The van der Waals surface area contributed by atoms with Crippen LogP contribution in [0.25, 0.3) is 0 Å². The lowest BCUT2D eigenvalue weighted by atomic mass is 10.0. The van der Waals surface area contributed by atoms with E-state index in [4.69, 9.17) is 0 Å². The van der Waals surface area contributed by atoms with Gasteiger partial charge in [0.2, 0.25) is 10.0 Å². The van der Waals surface area contributed by atoms with Gasteiger partial charge in [0.1, 0.15) is 38.5 Å². The molecule has 4 rings (SSSR count). The Kier molecular flexibility index (Phi) is 6.29. The van der Waals surface area contributed by atoms with Crippen molar-refractivity contribution in [3.63, 3.8) is 0 Å². The van der Waals surface area contributed by atoms with Crippen LogP contribution in [0.2, 0.25) is 0 Å². The molecule has 2 heterocycles. The molecule has 0 aliphatic carbocycles. The number of rotatable bonds is 5. The van der Waals surface area contributed by atoms with Gasteiger partial charge in [-0.25, -0.2) is 12.8 Å². The Morgan fingerprint density at radius 1 is 0.897 bits per heavy atom. The molecule has 2 saturated heterocycles. The van der Waals surface area contributed by atoms with Crippen molar-refractivity contribution in [3.8, 4) is 0 Å². The predicted molar refractivity (Wildman–Crippen MR) is 110 cm³/mol. The summed E-state index contributed by atoms with van der Waals surface area (Å²) in [6.45, 7) is 6.82. The van der Waals surface area contributed by atoms with Gasteiger partial charge in [0.05, 0.1) is 10.9 Å². The molecule has 0 aromatic heterocycles. The molecule has 2 aliphatic heterocycles. The number of nitrogens with one attached hydrogen (secondary N) is 2. The van der Waals surface area contributed by atoms with Crippen molar-refractivity contribution in [1.29, 1.82) is 0 Å². The highest BCUT2D eigenvalue weighted by Gasteiger charge is 2.35. The van der Waals surface area contributed by atoms with Crippen LogP contribution in [0.1, 0.15) is 18.4 Å². The number of hydrogen-bond acceptors (Lipinski definition) is 2. The summed E-state index contributed by atoms with van der Waals surface area (Å²) in [5.41, 5.74) is 1.39. The minimum absolute atomic E-state index is 0.183. The topological polar surface area (TPSA) is 46.3 Å². The van der Waals surface area contributed by atoms with Crippen molar-refractivity contribution in [3.05, 3.63) is 66.0 Å². The molecule has 2 aromatic rings. The summed E-state index contributed by atoms with van der Waals surface area (Å²) in [6, 6.07) is 16.3. The van der Waals surface area contributed by atoms with Gasteiger partial charge >= 0.3 is 0 Å². The van der Waals surface area contributed by atoms with Gasteiger partial charge < -0.3 is 9.80 Å². The number of quaternary nitrogens is 2. The van der Waals surface area contributed by atoms with E-state index in [-0.39, 0.29) is 4.90 Å². The van der Waals surface area contributed by atoms with Crippen LogP contribution in [0.4, 0.5) is 4.39 Å². The molecular formula is C22H30FN3O2S+2. The fraction of sp³-hybridized carbons (Fsp3) is 0.455. The van der Waals surface area contributed by atoms with Crippen LogP contribution in [0.15, 0.2) is 59.5 Å². The predicted octanol–water partition coefficient (Wildman–Crippen LogP) is -0.0376. The average molecular weight is 420 g/mol. The fourth-order valence-electron chi connectivity index (χ4n) is 4.65. The van der Waals surface area contributed by atoms with Gasteiger partial charge in [-0.05, 0) is 24.3 Å². The second kappa shape index (κ2) is 8.92. The smallest absolute Gasteiger partial charge is 0.243 e. The van der Waals surface area contributed by atoms with E-state index in [2.05, 4.69) is 30.3 Å². The Labute approximate surface area is 172 Å². The van der Waals surface area contributed by atoms with E-state index in [1.165, 1.54) is 29.8 Å². The monoisotopic (exact) mass is 419 g/mol. The molecular weight excluding hydrogens is 389 g/mol. The Hall–Kier alpha value is -1.80. The van der Waals surface area contributed by atoms with E-state index >= 15 is 0 Å². The molecule has 0 atom stereocenters. The zero-order chi connectivity index (χ0) is 20.3. The highest BCUT2D eigenvalue weighted by molar-refractivity contribution is 7.89. The minimum Gasteiger partial charge on any atom is -0.323 e.